The van der Waals surface area contributed by atoms with Gasteiger partial charge in [0.1, 0.15) is 5.82 Å². The van der Waals surface area contributed by atoms with E-state index in [9.17, 15) is 9.59 Å². The fraction of sp³-hybridized carbons (Fsp3) is 0.310. The summed E-state index contributed by atoms with van der Waals surface area (Å²) in [6.45, 7) is 1.80. The summed E-state index contributed by atoms with van der Waals surface area (Å²) in [5.74, 6) is 1.51. The van der Waals surface area contributed by atoms with E-state index in [-0.39, 0.29) is 17.6 Å². The van der Waals surface area contributed by atoms with Crippen LogP contribution in [-0.2, 0) is 11.2 Å². The third kappa shape index (κ3) is 8.69. The Hall–Kier alpha value is -3.60. The van der Waals surface area contributed by atoms with Gasteiger partial charge in [0, 0.05) is 66.4 Å². The van der Waals surface area contributed by atoms with Gasteiger partial charge in [-0.1, -0.05) is 12.1 Å². The number of halogens is 2. The van der Waals surface area contributed by atoms with Crippen molar-refractivity contribution in [2.75, 3.05) is 41.6 Å². The van der Waals surface area contributed by atoms with E-state index < -0.39 is 0 Å². The third-order valence-electron chi connectivity index (χ3n) is 6.44. The lowest BCUT2D eigenvalue weighted by molar-refractivity contribution is -0.116. The zero-order valence-electron chi connectivity index (χ0n) is 22.5. The number of nitrogens with one attached hydrogen (secondary N) is 4. The molecule has 4 aromatic rings. The van der Waals surface area contributed by atoms with Crippen molar-refractivity contribution in [1.29, 1.82) is 5.41 Å². The molecule has 2 amide bonds. The average Bonchev–Trinajstić information content (AvgIpc) is 3.59. The largest absolute Gasteiger partial charge is 0.388 e. The second kappa shape index (κ2) is 14.9. The van der Waals surface area contributed by atoms with Crippen molar-refractivity contribution in [3.63, 3.8) is 0 Å². The molecule has 0 radical (unpaired) electrons. The molecule has 2 heterocycles. The average molecular weight is 615 g/mol. The number of fused-ring (bicyclic) bond motifs is 1. The molecular formula is C29H33Cl2N7O2S. The molecule has 12 heteroatoms. The molecule has 0 unspecified atom stereocenters. The first-order valence-electron chi connectivity index (χ1n) is 13.3. The lowest BCUT2D eigenvalue weighted by Gasteiger charge is -2.23. The molecule has 0 atom stereocenters. The molecular weight excluding hydrogens is 581 g/mol. The van der Waals surface area contributed by atoms with E-state index in [1.54, 1.807) is 18.2 Å². The number of rotatable bonds is 15. The molecule has 0 saturated carbocycles. The fourth-order valence-corrected chi connectivity index (χ4v) is 5.54. The van der Waals surface area contributed by atoms with Gasteiger partial charge in [0.2, 0.25) is 5.91 Å². The highest BCUT2D eigenvalue weighted by atomic mass is 35.5. The molecule has 41 heavy (non-hydrogen) atoms. The molecule has 0 saturated heterocycles. The Morgan fingerprint density at radius 1 is 1.05 bits per heavy atom. The topological polar surface area (TPSA) is 140 Å². The van der Waals surface area contributed by atoms with Gasteiger partial charge in [-0.3, -0.25) is 15.0 Å². The number of hydrogen-bond donors (Lipinski definition) is 5. The Morgan fingerprint density at radius 3 is 2.51 bits per heavy atom. The van der Waals surface area contributed by atoms with Gasteiger partial charge in [0.25, 0.3) is 5.91 Å². The van der Waals surface area contributed by atoms with Gasteiger partial charge in [-0.2, -0.15) is 0 Å². The first-order valence-corrected chi connectivity index (χ1v) is 15.3. The van der Waals surface area contributed by atoms with E-state index in [0.717, 1.165) is 53.2 Å². The number of carbonyl (C=O) groups is 2. The van der Waals surface area contributed by atoms with Gasteiger partial charge >= 0.3 is 0 Å². The monoisotopic (exact) mass is 613 g/mol. The summed E-state index contributed by atoms with van der Waals surface area (Å²) in [6, 6.07) is 15.5. The molecule has 0 aliphatic carbocycles. The number of alkyl halides is 2. The number of aromatic amines is 1. The van der Waals surface area contributed by atoms with Gasteiger partial charge in [0.05, 0.1) is 21.9 Å². The van der Waals surface area contributed by atoms with Crippen molar-refractivity contribution in [1.82, 2.24) is 15.3 Å². The van der Waals surface area contributed by atoms with Crippen molar-refractivity contribution in [2.24, 2.45) is 5.73 Å². The number of H-pyrrole nitrogens is 1. The summed E-state index contributed by atoms with van der Waals surface area (Å²) in [6.07, 6.45) is 2.27. The summed E-state index contributed by atoms with van der Waals surface area (Å²) < 4.78 is 0. The van der Waals surface area contributed by atoms with Crippen LogP contribution in [0.3, 0.4) is 0 Å². The zero-order valence-corrected chi connectivity index (χ0v) is 24.8. The Kier molecular flexibility index (Phi) is 11.0. The van der Waals surface area contributed by atoms with Crippen LogP contribution in [0.15, 0.2) is 53.9 Å². The minimum absolute atomic E-state index is 0.0286. The van der Waals surface area contributed by atoms with Crippen LogP contribution in [0.1, 0.15) is 35.2 Å². The highest BCUT2D eigenvalue weighted by Gasteiger charge is 2.13. The molecule has 0 aliphatic heterocycles. The lowest BCUT2D eigenvalue weighted by Crippen LogP contribution is -2.27. The molecule has 216 valence electrons. The summed E-state index contributed by atoms with van der Waals surface area (Å²) in [7, 11) is 0. The quantitative estimate of drug-likeness (QED) is 0.0675. The van der Waals surface area contributed by atoms with Crippen LogP contribution in [0.5, 0.6) is 0 Å². The second-order valence-corrected chi connectivity index (χ2v) is 11.1. The van der Waals surface area contributed by atoms with Crippen LogP contribution in [0.2, 0.25) is 0 Å². The van der Waals surface area contributed by atoms with Crippen molar-refractivity contribution in [2.45, 2.75) is 25.7 Å². The van der Waals surface area contributed by atoms with Gasteiger partial charge < -0.3 is 26.3 Å². The standard InChI is InChI=1S/C29H33Cl2N7O2S/c30-11-14-38(15-12-31)22-7-4-19(5-8-22)2-1-3-26(39)37-27-17-21(18-41-27)28-35-23-9-6-20(16-24(23)36-28)29(40)34-13-10-25(32)33/h4-9,16-18H,1-3,10-15H2,(H3,32,33)(H,34,40)(H,35,36)(H,37,39). The smallest absolute Gasteiger partial charge is 0.251 e. The number of hydrogen-bond acceptors (Lipinski definition) is 6. The maximum atomic E-state index is 12.6. The fourth-order valence-electron chi connectivity index (χ4n) is 4.33. The summed E-state index contributed by atoms with van der Waals surface area (Å²) in [4.78, 5) is 35.0. The number of anilines is 2. The molecule has 0 bridgehead atoms. The number of benzene rings is 2. The number of aromatic nitrogens is 2. The van der Waals surface area contributed by atoms with E-state index in [1.165, 1.54) is 16.9 Å². The first-order chi connectivity index (χ1) is 19.9. The normalized spacial score (nSPS) is 11.0. The zero-order chi connectivity index (χ0) is 29.2. The molecule has 0 fully saturated rings. The van der Waals surface area contributed by atoms with Crippen molar-refractivity contribution < 1.29 is 9.59 Å². The highest BCUT2D eigenvalue weighted by Crippen LogP contribution is 2.29. The van der Waals surface area contributed by atoms with Crippen LogP contribution in [0.4, 0.5) is 10.7 Å². The molecule has 2 aromatic heterocycles. The maximum absolute atomic E-state index is 12.6. The van der Waals surface area contributed by atoms with Crippen LogP contribution < -0.4 is 21.3 Å². The SMILES string of the molecule is N=C(N)CCNC(=O)c1ccc2nc(-c3csc(NC(=O)CCCc4ccc(N(CCCl)CCCl)cc4)c3)[nH]c2c1. The summed E-state index contributed by atoms with van der Waals surface area (Å²) in [5, 5.41) is 15.7. The van der Waals surface area contributed by atoms with Crippen LogP contribution in [0, 0.1) is 5.41 Å². The van der Waals surface area contributed by atoms with E-state index in [2.05, 4.69) is 49.8 Å². The number of thiophene rings is 1. The van der Waals surface area contributed by atoms with E-state index in [1.807, 2.05) is 11.4 Å². The highest BCUT2D eigenvalue weighted by molar-refractivity contribution is 7.14. The van der Waals surface area contributed by atoms with Crippen molar-refractivity contribution in [3.05, 3.63) is 65.0 Å². The molecule has 4 rings (SSSR count). The molecule has 9 nitrogen and oxygen atoms in total. The Labute approximate surface area is 252 Å². The molecule has 6 N–H and O–H groups in total. The second-order valence-electron chi connectivity index (χ2n) is 9.48. The third-order valence-corrected chi connectivity index (χ3v) is 7.62. The van der Waals surface area contributed by atoms with Crippen LogP contribution in [-0.4, -0.2) is 59.0 Å². The lowest BCUT2D eigenvalue weighted by atomic mass is 10.1. The minimum atomic E-state index is -0.238. The van der Waals surface area contributed by atoms with Crippen molar-refractivity contribution >= 4 is 73.9 Å². The first kappa shape index (κ1) is 30.4. The number of nitrogens with zero attached hydrogens (tertiary/aromatic N) is 2. The molecule has 0 spiro atoms. The minimum Gasteiger partial charge on any atom is -0.388 e. The van der Waals surface area contributed by atoms with E-state index in [0.29, 0.717) is 42.5 Å². The number of carbonyl (C=O) groups excluding carboxylic acids is 2. The Balaban J connectivity index is 1.28. The van der Waals surface area contributed by atoms with Crippen LogP contribution >= 0.6 is 34.5 Å². The number of amides is 2. The summed E-state index contributed by atoms with van der Waals surface area (Å²) >= 11 is 13.3. The van der Waals surface area contributed by atoms with Gasteiger partial charge in [-0.05, 0) is 54.8 Å². The number of amidine groups is 1. The molecule has 0 aliphatic rings. The predicted octanol–water partition coefficient (Wildman–Crippen LogP) is 5.59. The number of imidazole rings is 1. The van der Waals surface area contributed by atoms with Crippen LogP contribution in [0.25, 0.3) is 22.4 Å². The van der Waals surface area contributed by atoms with E-state index >= 15 is 0 Å². The van der Waals surface area contributed by atoms with Gasteiger partial charge in [-0.15, -0.1) is 34.5 Å². The number of aryl methyl sites for hydroxylation is 1. The molecule has 2 aromatic carbocycles. The Morgan fingerprint density at radius 2 is 1.80 bits per heavy atom. The summed E-state index contributed by atoms with van der Waals surface area (Å²) in [5.41, 5.74) is 10.4. The maximum Gasteiger partial charge on any atom is 0.251 e. The van der Waals surface area contributed by atoms with Gasteiger partial charge in [0.15, 0.2) is 0 Å². The number of nitrogens with two attached hydrogens (primary N) is 1. The predicted molar refractivity (Wildman–Crippen MR) is 170 cm³/mol. The van der Waals surface area contributed by atoms with Crippen molar-refractivity contribution in [3.8, 4) is 11.4 Å². The Bertz CT molecular complexity index is 1480. The van der Waals surface area contributed by atoms with Gasteiger partial charge in [-0.25, -0.2) is 4.98 Å². The van der Waals surface area contributed by atoms with E-state index in [4.69, 9.17) is 34.3 Å².